The number of nitrogens with one attached hydrogen (secondary N) is 1. The quantitative estimate of drug-likeness (QED) is 0.895. The molecule has 0 fully saturated rings. The summed E-state index contributed by atoms with van der Waals surface area (Å²) in [6.07, 6.45) is 1.93. The van der Waals surface area contributed by atoms with Gasteiger partial charge in [-0.1, -0.05) is 18.5 Å². The van der Waals surface area contributed by atoms with Crippen LogP contribution in [0.3, 0.4) is 0 Å². The van der Waals surface area contributed by atoms with Gasteiger partial charge in [-0.2, -0.15) is 0 Å². The van der Waals surface area contributed by atoms with Crippen molar-refractivity contribution >= 4 is 21.7 Å². The third kappa shape index (κ3) is 2.85. The van der Waals surface area contributed by atoms with E-state index in [9.17, 15) is 0 Å². The maximum Gasteiger partial charge on any atom is 0.167 e. The van der Waals surface area contributed by atoms with Crippen LogP contribution >= 0.6 is 15.9 Å². The molecule has 0 amide bonds. The van der Waals surface area contributed by atoms with Crippen molar-refractivity contribution in [3.05, 3.63) is 21.6 Å². The lowest BCUT2D eigenvalue weighted by Crippen LogP contribution is -2.06. The summed E-state index contributed by atoms with van der Waals surface area (Å²) in [4.78, 5) is 9.27. The van der Waals surface area contributed by atoms with E-state index in [0.29, 0.717) is 5.82 Å². The van der Waals surface area contributed by atoms with Crippen LogP contribution in [0.4, 0.5) is 5.82 Å². The Bertz CT molecular complexity index is 563. The van der Waals surface area contributed by atoms with Gasteiger partial charge >= 0.3 is 0 Å². The molecular formula is C14H19BrN4O. The molecule has 1 N–H and O–H groups in total. The zero-order valence-corrected chi connectivity index (χ0v) is 13.8. The molecule has 0 aromatic carbocycles. The highest BCUT2D eigenvalue weighted by Gasteiger charge is 2.18. The molecule has 0 aliphatic carbocycles. The molecule has 0 saturated heterocycles. The highest BCUT2D eigenvalue weighted by Crippen LogP contribution is 2.30. The van der Waals surface area contributed by atoms with Crippen LogP contribution in [0.25, 0.3) is 11.4 Å². The van der Waals surface area contributed by atoms with Crippen molar-refractivity contribution in [2.75, 3.05) is 11.9 Å². The molecular weight excluding hydrogens is 320 g/mol. The molecule has 6 heteroatoms. The minimum absolute atomic E-state index is 0.670. The van der Waals surface area contributed by atoms with Gasteiger partial charge in [0.05, 0.1) is 21.4 Å². The Morgan fingerprint density at radius 3 is 2.50 bits per heavy atom. The van der Waals surface area contributed by atoms with Gasteiger partial charge in [-0.3, -0.25) is 0 Å². The minimum atomic E-state index is 0.670. The van der Waals surface area contributed by atoms with Gasteiger partial charge in [0.15, 0.2) is 5.82 Å². The van der Waals surface area contributed by atoms with E-state index in [1.54, 1.807) is 0 Å². The fourth-order valence-electron chi connectivity index (χ4n) is 2.09. The minimum Gasteiger partial charge on any atom is -0.369 e. The molecule has 2 rings (SSSR count). The fourth-order valence-corrected chi connectivity index (χ4v) is 2.61. The van der Waals surface area contributed by atoms with E-state index >= 15 is 0 Å². The number of nitrogens with zero attached hydrogens (tertiary/aromatic N) is 3. The average molecular weight is 339 g/mol. The van der Waals surface area contributed by atoms with Crippen molar-refractivity contribution in [2.45, 2.75) is 40.5 Å². The number of anilines is 1. The number of aromatic nitrogens is 3. The van der Waals surface area contributed by atoms with Crippen molar-refractivity contribution in [2.24, 2.45) is 0 Å². The molecule has 0 spiro atoms. The summed E-state index contributed by atoms with van der Waals surface area (Å²) in [5, 5.41) is 7.25. The van der Waals surface area contributed by atoms with E-state index in [2.05, 4.69) is 43.3 Å². The lowest BCUT2D eigenvalue weighted by Gasteiger charge is -2.11. The SMILES string of the molecule is CCCc1nc(-c2c(C)noc2C)nc(NCC)c1Br. The van der Waals surface area contributed by atoms with Crippen molar-refractivity contribution in [3.63, 3.8) is 0 Å². The van der Waals surface area contributed by atoms with Crippen LogP contribution < -0.4 is 5.32 Å². The zero-order chi connectivity index (χ0) is 14.7. The largest absolute Gasteiger partial charge is 0.369 e. The van der Waals surface area contributed by atoms with Gasteiger partial charge in [0, 0.05) is 6.54 Å². The lowest BCUT2D eigenvalue weighted by atomic mass is 10.1. The fraction of sp³-hybridized carbons (Fsp3) is 0.500. The molecule has 5 nitrogen and oxygen atoms in total. The number of aryl methyl sites for hydroxylation is 3. The number of rotatable bonds is 5. The predicted octanol–water partition coefficient (Wildman–Crippen LogP) is 3.90. The lowest BCUT2D eigenvalue weighted by molar-refractivity contribution is 0.393. The highest BCUT2D eigenvalue weighted by molar-refractivity contribution is 9.10. The second-order valence-electron chi connectivity index (χ2n) is 4.64. The van der Waals surface area contributed by atoms with Gasteiger partial charge in [0.2, 0.25) is 0 Å². The van der Waals surface area contributed by atoms with Crippen molar-refractivity contribution in [3.8, 4) is 11.4 Å². The standard InChI is InChI=1S/C14H19BrN4O/c1-5-7-10-12(15)14(16-6-2)18-13(17-10)11-8(3)19-20-9(11)4/h5-7H2,1-4H3,(H,16,17,18). The molecule has 2 aromatic heterocycles. The Hall–Kier alpha value is -1.43. The second kappa shape index (κ2) is 6.35. The third-order valence-corrected chi connectivity index (χ3v) is 3.84. The van der Waals surface area contributed by atoms with Crippen LogP contribution in [0.5, 0.6) is 0 Å². The molecule has 108 valence electrons. The second-order valence-corrected chi connectivity index (χ2v) is 5.43. The summed E-state index contributed by atoms with van der Waals surface area (Å²) in [5.74, 6) is 2.24. The molecule has 0 saturated carbocycles. The van der Waals surface area contributed by atoms with Crippen molar-refractivity contribution in [1.29, 1.82) is 0 Å². The summed E-state index contributed by atoms with van der Waals surface area (Å²) in [6, 6.07) is 0. The Kier molecular flexibility index (Phi) is 4.75. The Balaban J connectivity index is 2.58. The van der Waals surface area contributed by atoms with Gasteiger partial charge < -0.3 is 9.84 Å². The number of hydrogen-bond acceptors (Lipinski definition) is 5. The van der Waals surface area contributed by atoms with Crippen LogP contribution in [0.2, 0.25) is 0 Å². The van der Waals surface area contributed by atoms with Crippen LogP contribution in [0, 0.1) is 13.8 Å². The predicted molar refractivity (Wildman–Crippen MR) is 82.9 cm³/mol. The van der Waals surface area contributed by atoms with Crippen LogP contribution in [-0.4, -0.2) is 21.7 Å². The molecule has 0 atom stereocenters. The first-order valence-corrected chi connectivity index (χ1v) is 7.61. The van der Waals surface area contributed by atoms with Gasteiger partial charge in [-0.25, -0.2) is 9.97 Å². The zero-order valence-electron chi connectivity index (χ0n) is 12.2. The molecule has 0 radical (unpaired) electrons. The van der Waals surface area contributed by atoms with E-state index in [4.69, 9.17) is 4.52 Å². The third-order valence-electron chi connectivity index (χ3n) is 3.01. The monoisotopic (exact) mass is 338 g/mol. The van der Waals surface area contributed by atoms with E-state index in [1.165, 1.54) is 0 Å². The van der Waals surface area contributed by atoms with Gasteiger partial charge in [0.1, 0.15) is 11.6 Å². The number of hydrogen-bond donors (Lipinski definition) is 1. The maximum atomic E-state index is 5.22. The van der Waals surface area contributed by atoms with E-state index in [1.807, 2.05) is 20.8 Å². The van der Waals surface area contributed by atoms with Crippen LogP contribution in [0.15, 0.2) is 9.00 Å². The molecule has 2 heterocycles. The average Bonchev–Trinajstić information content (AvgIpc) is 2.74. The Labute approximate surface area is 127 Å². The maximum absolute atomic E-state index is 5.22. The molecule has 0 bridgehead atoms. The Morgan fingerprint density at radius 2 is 1.95 bits per heavy atom. The normalized spacial score (nSPS) is 10.8. The van der Waals surface area contributed by atoms with E-state index < -0.39 is 0 Å². The van der Waals surface area contributed by atoms with Gasteiger partial charge in [-0.15, -0.1) is 0 Å². The summed E-state index contributed by atoms with van der Waals surface area (Å²) in [5.41, 5.74) is 2.71. The van der Waals surface area contributed by atoms with Crippen LogP contribution in [-0.2, 0) is 6.42 Å². The summed E-state index contributed by atoms with van der Waals surface area (Å²) in [6.45, 7) is 8.78. The highest BCUT2D eigenvalue weighted by atomic mass is 79.9. The topological polar surface area (TPSA) is 63.8 Å². The summed E-state index contributed by atoms with van der Waals surface area (Å²) in [7, 11) is 0. The molecule has 20 heavy (non-hydrogen) atoms. The molecule has 0 aliphatic heterocycles. The first kappa shape index (κ1) is 15.0. The van der Waals surface area contributed by atoms with Crippen molar-refractivity contribution < 1.29 is 4.52 Å². The summed E-state index contributed by atoms with van der Waals surface area (Å²) < 4.78 is 6.16. The van der Waals surface area contributed by atoms with Crippen molar-refractivity contribution in [1.82, 2.24) is 15.1 Å². The number of halogens is 1. The first-order chi connectivity index (χ1) is 9.58. The summed E-state index contributed by atoms with van der Waals surface area (Å²) >= 11 is 3.59. The van der Waals surface area contributed by atoms with E-state index in [-0.39, 0.29) is 0 Å². The smallest absolute Gasteiger partial charge is 0.167 e. The van der Waals surface area contributed by atoms with Gasteiger partial charge in [-0.05, 0) is 43.1 Å². The van der Waals surface area contributed by atoms with Crippen LogP contribution in [0.1, 0.15) is 37.4 Å². The van der Waals surface area contributed by atoms with E-state index in [0.717, 1.165) is 52.4 Å². The molecule has 0 unspecified atom stereocenters. The molecule has 2 aromatic rings. The Morgan fingerprint density at radius 1 is 1.20 bits per heavy atom. The van der Waals surface area contributed by atoms with Gasteiger partial charge in [0.25, 0.3) is 0 Å². The molecule has 0 aliphatic rings. The first-order valence-electron chi connectivity index (χ1n) is 6.82.